The molecule has 3 nitrogen and oxygen atoms in total. The van der Waals surface area contributed by atoms with E-state index in [-0.39, 0.29) is 17.2 Å². The van der Waals surface area contributed by atoms with Crippen molar-refractivity contribution in [3.63, 3.8) is 0 Å². The molecule has 2 fully saturated rings. The van der Waals surface area contributed by atoms with Gasteiger partial charge in [-0.3, -0.25) is 0 Å². The van der Waals surface area contributed by atoms with Gasteiger partial charge in [0.05, 0.1) is 11.0 Å². The van der Waals surface area contributed by atoms with Crippen LogP contribution in [-0.2, 0) is 9.84 Å². The van der Waals surface area contributed by atoms with Crippen molar-refractivity contribution >= 4 is 9.84 Å². The van der Waals surface area contributed by atoms with Gasteiger partial charge in [-0.15, -0.1) is 0 Å². The summed E-state index contributed by atoms with van der Waals surface area (Å²) in [5, 5.41) is -0.297. The van der Waals surface area contributed by atoms with Crippen molar-refractivity contribution in [1.29, 1.82) is 0 Å². The quantitative estimate of drug-likeness (QED) is 0.858. The van der Waals surface area contributed by atoms with Crippen LogP contribution in [-0.4, -0.2) is 25.5 Å². The maximum Gasteiger partial charge on any atom is 0.155 e. The molecule has 4 atom stereocenters. The fourth-order valence-electron chi connectivity index (χ4n) is 4.12. The summed E-state index contributed by atoms with van der Waals surface area (Å²) in [6, 6.07) is -0.157. The lowest BCUT2D eigenvalue weighted by atomic mass is 9.80. The predicted octanol–water partition coefficient (Wildman–Crippen LogP) is 2.35. The molecule has 0 heterocycles. The van der Waals surface area contributed by atoms with Crippen LogP contribution in [0.5, 0.6) is 0 Å². The van der Waals surface area contributed by atoms with Crippen LogP contribution in [0.1, 0.15) is 52.4 Å². The molecule has 2 rings (SSSR count). The summed E-state index contributed by atoms with van der Waals surface area (Å²) >= 11 is 0. The van der Waals surface area contributed by atoms with Gasteiger partial charge in [0.25, 0.3) is 0 Å². The van der Waals surface area contributed by atoms with E-state index in [2.05, 4.69) is 13.8 Å². The molecule has 2 saturated carbocycles. The largest absolute Gasteiger partial charge is 0.327 e. The Labute approximate surface area is 111 Å². The zero-order chi connectivity index (χ0) is 13.3. The molecule has 0 radical (unpaired) electrons. The molecular formula is C14H27NO2S. The van der Waals surface area contributed by atoms with Gasteiger partial charge in [0.2, 0.25) is 0 Å². The minimum atomic E-state index is -3.01. The second kappa shape index (κ2) is 5.49. The van der Waals surface area contributed by atoms with Crippen LogP contribution < -0.4 is 5.73 Å². The van der Waals surface area contributed by atoms with Crippen molar-refractivity contribution in [2.45, 2.75) is 63.7 Å². The maximum absolute atomic E-state index is 12.6. The summed E-state index contributed by atoms with van der Waals surface area (Å²) in [6.07, 6.45) is 6.44. The van der Waals surface area contributed by atoms with Gasteiger partial charge in [-0.1, -0.05) is 26.7 Å². The van der Waals surface area contributed by atoms with E-state index in [0.29, 0.717) is 17.6 Å². The molecule has 0 aromatic rings. The number of hydrogen-bond acceptors (Lipinski definition) is 3. The van der Waals surface area contributed by atoms with Crippen LogP contribution in [0, 0.1) is 17.8 Å². The van der Waals surface area contributed by atoms with E-state index in [0.717, 1.165) is 25.7 Å². The zero-order valence-electron chi connectivity index (χ0n) is 11.6. The topological polar surface area (TPSA) is 60.2 Å². The lowest BCUT2D eigenvalue weighted by Crippen LogP contribution is -2.50. The van der Waals surface area contributed by atoms with E-state index in [1.165, 1.54) is 12.8 Å². The first kappa shape index (κ1) is 14.3. The summed E-state index contributed by atoms with van der Waals surface area (Å²) < 4.78 is 25.2. The van der Waals surface area contributed by atoms with Crippen molar-refractivity contribution in [3.8, 4) is 0 Å². The molecule has 0 aliphatic heterocycles. The minimum absolute atomic E-state index is 0.157. The molecule has 0 saturated heterocycles. The second-order valence-corrected chi connectivity index (χ2v) is 8.87. The lowest BCUT2D eigenvalue weighted by Gasteiger charge is -2.37. The standard InChI is InChI=1S/C14H27NO2S/c1-10-7-11(2)14(13(15)8-10)18(16,17)9-12-5-3-4-6-12/h10-14H,3-9,15H2,1-2H3. The Bertz CT molecular complexity index is 361. The monoisotopic (exact) mass is 273 g/mol. The third-order valence-electron chi connectivity index (χ3n) is 4.79. The van der Waals surface area contributed by atoms with Gasteiger partial charge >= 0.3 is 0 Å². The molecule has 106 valence electrons. The SMILES string of the molecule is CC1CC(C)C(S(=O)(=O)CC2CCCC2)C(N)C1. The molecule has 18 heavy (non-hydrogen) atoms. The Morgan fingerprint density at radius 2 is 1.72 bits per heavy atom. The molecule has 2 aliphatic carbocycles. The Hall–Kier alpha value is -0.0900. The molecule has 0 spiro atoms. The Kier molecular flexibility index (Phi) is 4.37. The van der Waals surface area contributed by atoms with Crippen LogP contribution in [0.2, 0.25) is 0 Å². The first-order valence-electron chi connectivity index (χ1n) is 7.37. The maximum atomic E-state index is 12.6. The van der Waals surface area contributed by atoms with Gasteiger partial charge in [-0.25, -0.2) is 8.42 Å². The highest BCUT2D eigenvalue weighted by Gasteiger charge is 2.41. The average Bonchev–Trinajstić information content (AvgIpc) is 2.66. The first-order chi connectivity index (χ1) is 8.40. The third-order valence-corrected chi connectivity index (χ3v) is 7.37. The van der Waals surface area contributed by atoms with Gasteiger partial charge in [0, 0.05) is 6.04 Å². The van der Waals surface area contributed by atoms with E-state index >= 15 is 0 Å². The molecule has 0 amide bonds. The molecule has 0 bridgehead atoms. The molecular weight excluding hydrogens is 246 g/mol. The van der Waals surface area contributed by atoms with Crippen LogP contribution in [0.15, 0.2) is 0 Å². The van der Waals surface area contributed by atoms with Gasteiger partial charge in [-0.05, 0) is 43.4 Å². The summed E-state index contributed by atoms with van der Waals surface area (Å²) in [6.45, 7) is 4.24. The van der Waals surface area contributed by atoms with Gasteiger partial charge in [0.15, 0.2) is 9.84 Å². The van der Waals surface area contributed by atoms with Crippen molar-refractivity contribution in [1.82, 2.24) is 0 Å². The van der Waals surface area contributed by atoms with Crippen molar-refractivity contribution in [2.75, 3.05) is 5.75 Å². The molecule has 2 aliphatic rings. The fourth-order valence-corrected chi connectivity index (χ4v) is 6.80. The molecule has 4 unspecified atom stereocenters. The highest BCUT2D eigenvalue weighted by atomic mass is 32.2. The lowest BCUT2D eigenvalue weighted by molar-refractivity contribution is 0.270. The minimum Gasteiger partial charge on any atom is -0.327 e. The smallest absolute Gasteiger partial charge is 0.155 e. The van der Waals surface area contributed by atoms with E-state index in [1.54, 1.807) is 0 Å². The molecule has 2 N–H and O–H groups in total. The predicted molar refractivity (Wildman–Crippen MR) is 75.1 cm³/mol. The number of sulfone groups is 1. The molecule has 0 aromatic carbocycles. The summed E-state index contributed by atoms with van der Waals surface area (Å²) in [4.78, 5) is 0. The average molecular weight is 273 g/mol. The summed E-state index contributed by atoms with van der Waals surface area (Å²) in [7, 11) is -3.01. The van der Waals surface area contributed by atoms with E-state index in [4.69, 9.17) is 5.73 Å². The second-order valence-electron chi connectivity index (χ2n) is 6.66. The van der Waals surface area contributed by atoms with Crippen LogP contribution in [0.25, 0.3) is 0 Å². The van der Waals surface area contributed by atoms with Crippen LogP contribution in [0.4, 0.5) is 0 Å². The zero-order valence-corrected chi connectivity index (χ0v) is 12.5. The number of rotatable bonds is 3. The van der Waals surface area contributed by atoms with Gasteiger partial charge in [-0.2, -0.15) is 0 Å². The van der Waals surface area contributed by atoms with Gasteiger partial charge in [0.1, 0.15) is 0 Å². The Morgan fingerprint density at radius 3 is 2.28 bits per heavy atom. The van der Waals surface area contributed by atoms with E-state index < -0.39 is 9.84 Å². The molecule has 4 heteroatoms. The fraction of sp³-hybridized carbons (Fsp3) is 1.00. The summed E-state index contributed by atoms with van der Waals surface area (Å²) in [5.74, 6) is 1.56. The highest BCUT2D eigenvalue weighted by molar-refractivity contribution is 7.92. The first-order valence-corrected chi connectivity index (χ1v) is 9.09. The van der Waals surface area contributed by atoms with Crippen molar-refractivity contribution < 1.29 is 8.42 Å². The Morgan fingerprint density at radius 1 is 1.11 bits per heavy atom. The normalized spacial score (nSPS) is 39.1. The van der Waals surface area contributed by atoms with E-state index in [9.17, 15) is 8.42 Å². The summed E-state index contributed by atoms with van der Waals surface area (Å²) in [5.41, 5.74) is 6.14. The van der Waals surface area contributed by atoms with Crippen molar-refractivity contribution in [3.05, 3.63) is 0 Å². The van der Waals surface area contributed by atoms with Crippen LogP contribution in [0.3, 0.4) is 0 Å². The molecule has 0 aromatic heterocycles. The number of hydrogen-bond donors (Lipinski definition) is 1. The van der Waals surface area contributed by atoms with Gasteiger partial charge < -0.3 is 5.73 Å². The van der Waals surface area contributed by atoms with Crippen molar-refractivity contribution in [2.24, 2.45) is 23.5 Å². The Balaban J connectivity index is 2.07. The number of nitrogens with two attached hydrogens (primary N) is 1. The third kappa shape index (κ3) is 3.08. The van der Waals surface area contributed by atoms with Crippen LogP contribution >= 0.6 is 0 Å². The van der Waals surface area contributed by atoms with E-state index in [1.807, 2.05) is 0 Å². The highest BCUT2D eigenvalue weighted by Crippen LogP contribution is 2.35.